The number of alkyl halides is 2. The van der Waals surface area contributed by atoms with Gasteiger partial charge in [0.15, 0.2) is 0 Å². The van der Waals surface area contributed by atoms with Crippen molar-refractivity contribution in [1.29, 1.82) is 0 Å². The van der Waals surface area contributed by atoms with Gasteiger partial charge in [0.2, 0.25) is 0 Å². The normalized spacial score (nSPS) is 11.7. The minimum Gasteiger partial charge on any atom is -0.284 e. The van der Waals surface area contributed by atoms with Crippen LogP contribution in [-0.4, -0.2) is 19.7 Å². The molecule has 120 valence electrons. The van der Waals surface area contributed by atoms with E-state index in [1.54, 1.807) is 30.5 Å². The third kappa shape index (κ3) is 2.12. The standard InChI is InChI=1S/C17H11F3N4/c1-9-13(18)7-14(23-22-9)10-2-3-11-12-8-21-5-4-15(12)24(17(19)20)16(11)6-10/h2-8,17H,1H3. The highest BCUT2D eigenvalue weighted by Crippen LogP contribution is 2.34. The van der Waals surface area contributed by atoms with E-state index in [9.17, 15) is 13.2 Å². The molecule has 4 rings (SSSR count). The van der Waals surface area contributed by atoms with Crippen LogP contribution in [0.3, 0.4) is 0 Å². The van der Waals surface area contributed by atoms with E-state index in [2.05, 4.69) is 15.2 Å². The van der Waals surface area contributed by atoms with Gasteiger partial charge in [-0.3, -0.25) is 9.55 Å². The fourth-order valence-corrected chi connectivity index (χ4v) is 2.83. The summed E-state index contributed by atoms with van der Waals surface area (Å²) in [6.45, 7) is -1.19. The Morgan fingerprint density at radius 1 is 1.00 bits per heavy atom. The van der Waals surface area contributed by atoms with E-state index < -0.39 is 12.4 Å². The Morgan fingerprint density at radius 2 is 1.83 bits per heavy atom. The van der Waals surface area contributed by atoms with Crippen LogP contribution in [0.2, 0.25) is 0 Å². The van der Waals surface area contributed by atoms with Gasteiger partial charge in [-0.25, -0.2) is 4.39 Å². The van der Waals surface area contributed by atoms with Crippen molar-refractivity contribution in [1.82, 2.24) is 19.7 Å². The summed E-state index contributed by atoms with van der Waals surface area (Å²) in [5, 5.41) is 8.99. The number of nitrogens with zero attached hydrogens (tertiary/aromatic N) is 4. The Labute approximate surface area is 134 Å². The molecule has 0 amide bonds. The molecule has 0 aliphatic rings. The third-order valence-electron chi connectivity index (χ3n) is 4.01. The fraction of sp³-hybridized carbons (Fsp3) is 0.118. The molecule has 0 N–H and O–H groups in total. The lowest BCUT2D eigenvalue weighted by atomic mass is 10.1. The first-order valence-corrected chi connectivity index (χ1v) is 7.22. The minimum absolute atomic E-state index is 0.188. The molecule has 3 aromatic heterocycles. The SMILES string of the molecule is Cc1nnc(-c2ccc3c4cnccc4n(C(F)F)c3c2)cc1F. The van der Waals surface area contributed by atoms with E-state index in [1.165, 1.54) is 19.2 Å². The maximum atomic E-state index is 13.7. The van der Waals surface area contributed by atoms with Gasteiger partial charge in [0.1, 0.15) is 5.82 Å². The molecule has 4 nitrogen and oxygen atoms in total. The Morgan fingerprint density at radius 3 is 2.58 bits per heavy atom. The number of hydrogen-bond acceptors (Lipinski definition) is 3. The highest BCUT2D eigenvalue weighted by Gasteiger charge is 2.18. The summed E-state index contributed by atoms with van der Waals surface area (Å²) in [4.78, 5) is 4.01. The first-order valence-electron chi connectivity index (χ1n) is 7.22. The van der Waals surface area contributed by atoms with E-state index in [1.807, 2.05) is 0 Å². The summed E-state index contributed by atoms with van der Waals surface area (Å²) in [6, 6.07) is 7.80. The van der Waals surface area contributed by atoms with E-state index in [-0.39, 0.29) is 5.69 Å². The molecular weight excluding hydrogens is 317 g/mol. The monoisotopic (exact) mass is 328 g/mol. The number of aromatic nitrogens is 4. The predicted molar refractivity (Wildman–Crippen MR) is 84.2 cm³/mol. The Balaban J connectivity index is 2.02. The lowest BCUT2D eigenvalue weighted by Crippen LogP contribution is -1.98. The van der Waals surface area contributed by atoms with Crippen LogP contribution < -0.4 is 0 Å². The van der Waals surface area contributed by atoms with Gasteiger partial charge in [-0.15, -0.1) is 0 Å². The van der Waals surface area contributed by atoms with Gasteiger partial charge in [0.25, 0.3) is 0 Å². The van der Waals surface area contributed by atoms with Gasteiger partial charge in [0, 0.05) is 34.8 Å². The molecule has 3 heterocycles. The molecule has 0 spiro atoms. The zero-order valence-corrected chi connectivity index (χ0v) is 12.5. The molecule has 0 saturated carbocycles. The van der Waals surface area contributed by atoms with Crippen LogP contribution in [0.5, 0.6) is 0 Å². The van der Waals surface area contributed by atoms with Crippen molar-refractivity contribution in [3.63, 3.8) is 0 Å². The van der Waals surface area contributed by atoms with Gasteiger partial charge in [-0.1, -0.05) is 12.1 Å². The topological polar surface area (TPSA) is 43.6 Å². The third-order valence-corrected chi connectivity index (χ3v) is 4.01. The lowest BCUT2D eigenvalue weighted by molar-refractivity contribution is 0.0796. The number of rotatable bonds is 2. The van der Waals surface area contributed by atoms with Crippen molar-refractivity contribution >= 4 is 21.8 Å². The van der Waals surface area contributed by atoms with Gasteiger partial charge >= 0.3 is 6.55 Å². The molecular formula is C17H11F3N4. The molecule has 0 aliphatic heterocycles. The van der Waals surface area contributed by atoms with Gasteiger partial charge in [0.05, 0.1) is 22.4 Å². The van der Waals surface area contributed by atoms with Crippen molar-refractivity contribution in [3.05, 3.63) is 54.2 Å². The minimum atomic E-state index is -2.71. The number of halogens is 3. The van der Waals surface area contributed by atoms with E-state index in [4.69, 9.17) is 0 Å². The smallest absolute Gasteiger partial charge is 0.284 e. The Bertz CT molecular complexity index is 1070. The summed E-state index contributed by atoms with van der Waals surface area (Å²) in [5.74, 6) is -0.487. The molecule has 0 saturated heterocycles. The van der Waals surface area contributed by atoms with Crippen molar-refractivity contribution in [2.45, 2.75) is 13.5 Å². The predicted octanol–water partition coefficient (Wildman–Crippen LogP) is 4.49. The van der Waals surface area contributed by atoms with Crippen LogP contribution in [0.25, 0.3) is 33.1 Å². The molecule has 0 fully saturated rings. The second-order valence-electron chi connectivity index (χ2n) is 5.44. The fourth-order valence-electron chi connectivity index (χ4n) is 2.83. The van der Waals surface area contributed by atoms with Crippen LogP contribution in [0, 0.1) is 12.7 Å². The summed E-state index contributed by atoms with van der Waals surface area (Å²) in [7, 11) is 0. The van der Waals surface area contributed by atoms with Crippen LogP contribution in [0.15, 0.2) is 42.7 Å². The summed E-state index contributed by atoms with van der Waals surface area (Å²) >= 11 is 0. The first kappa shape index (κ1) is 14.6. The summed E-state index contributed by atoms with van der Waals surface area (Å²) in [5.41, 5.74) is 1.74. The molecule has 1 aromatic carbocycles. The molecule has 4 aromatic rings. The summed E-state index contributed by atoms with van der Waals surface area (Å²) < 4.78 is 41.8. The van der Waals surface area contributed by atoms with Crippen molar-refractivity contribution in [2.75, 3.05) is 0 Å². The van der Waals surface area contributed by atoms with E-state index >= 15 is 0 Å². The molecule has 7 heteroatoms. The van der Waals surface area contributed by atoms with Crippen LogP contribution in [0.1, 0.15) is 12.2 Å². The van der Waals surface area contributed by atoms with Crippen LogP contribution in [-0.2, 0) is 0 Å². The Kier molecular flexibility index (Phi) is 3.23. The van der Waals surface area contributed by atoms with Crippen molar-refractivity contribution < 1.29 is 13.2 Å². The van der Waals surface area contributed by atoms with Gasteiger partial charge < -0.3 is 0 Å². The highest BCUT2D eigenvalue weighted by atomic mass is 19.3. The molecule has 0 atom stereocenters. The average molecular weight is 328 g/mol. The van der Waals surface area contributed by atoms with Crippen molar-refractivity contribution in [2.24, 2.45) is 0 Å². The first-order chi connectivity index (χ1) is 11.6. The highest BCUT2D eigenvalue weighted by molar-refractivity contribution is 6.08. The maximum Gasteiger partial charge on any atom is 0.319 e. The number of pyridine rings is 1. The second-order valence-corrected chi connectivity index (χ2v) is 5.44. The van der Waals surface area contributed by atoms with Gasteiger partial charge in [-0.05, 0) is 19.1 Å². The maximum absolute atomic E-state index is 13.7. The number of benzene rings is 1. The molecule has 24 heavy (non-hydrogen) atoms. The molecule has 0 aliphatic carbocycles. The zero-order chi connectivity index (χ0) is 16.8. The summed E-state index contributed by atoms with van der Waals surface area (Å²) in [6.07, 6.45) is 3.03. The number of aryl methyl sites for hydroxylation is 1. The quantitative estimate of drug-likeness (QED) is 0.544. The van der Waals surface area contributed by atoms with Crippen LogP contribution >= 0.6 is 0 Å². The Hall–Kier alpha value is -2.96. The van der Waals surface area contributed by atoms with Crippen molar-refractivity contribution in [3.8, 4) is 11.3 Å². The second kappa shape index (κ2) is 5.30. The lowest BCUT2D eigenvalue weighted by Gasteiger charge is -2.07. The molecule has 0 unspecified atom stereocenters. The van der Waals surface area contributed by atoms with Crippen LogP contribution in [0.4, 0.5) is 13.2 Å². The van der Waals surface area contributed by atoms with E-state index in [0.29, 0.717) is 33.1 Å². The average Bonchev–Trinajstić information content (AvgIpc) is 2.91. The number of fused-ring (bicyclic) bond motifs is 3. The largest absolute Gasteiger partial charge is 0.319 e. The molecule has 0 bridgehead atoms. The number of hydrogen-bond donors (Lipinski definition) is 0. The van der Waals surface area contributed by atoms with Gasteiger partial charge in [-0.2, -0.15) is 19.0 Å². The van der Waals surface area contributed by atoms with E-state index in [0.717, 1.165) is 4.57 Å². The zero-order valence-electron chi connectivity index (χ0n) is 12.5. The molecule has 0 radical (unpaired) electrons.